The zero-order valence-corrected chi connectivity index (χ0v) is 26.9. The van der Waals surface area contributed by atoms with Gasteiger partial charge >= 0.3 is 0 Å². The quantitative estimate of drug-likeness (QED) is 0.199. The van der Waals surface area contributed by atoms with Gasteiger partial charge in [0.1, 0.15) is 11.6 Å². The number of nitrogens with one attached hydrogen (secondary N) is 1. The van der Waals surface area contributed by atoms with E-state index in [2.05, 4.69) is 27.9 Å². The van der Waals surface area contributed by atoms with E-state index in [0.717, 1.165) is 44.5 Å². The van der Waals surface area contributed by atoms with Gasteiger partial charge in [-0.1, -0.05) is 32.0 Å². The molecule has 42 heavy (non-hydrogen) atoms. The van der Waals surface area contributed by atoms with Crippen LogP contribution in [0, 0.1) is 15.2 Å². The summed E-state index contributed by atoms with van der Waals surface area (Å²) in [6.45, 7) is 5.28. The van der Waals surface area contributed by atoms with Crippen molar-refractivity contribution in [3.63, 3.8) is 0 Å². The molecule has 0 saturated carbocycles. The lowest BCUT2D eigenvalue weighted by atomic mass is 10.1. The first-order chi connectivity index (χ1) is 20.0. The fraction of sp³-hybridized carbons (Fsp3) is 0.387. The normalized spacial score (nSPS) is 12.5. The third-order valence-electron chi connectivity index (χ3n) is 6.58. The molecule has 0 aromatic heterocycles. The maximum Gasteiger partial charge on any atom is 0.253 e. The number of rotatable bonds is 16. The fourth-order valence-corrected chi connectivity index (χ4v) is 6.76. The largest absolute Gasteiger partial charge is 0.390 e. The second-order valence-corrected chi connectivity index (χ2v) is 13.3. The Kier molecular flexibility index (Phi) is 13.3. The van der Waals surface area contributed by atoms with E-state index in [-0.39, 0.29) is 48.0 Å². The monoisotopic (exact) mass is 713 g/mol. The van der Waals surface area contributed by atoms with E-state index in [0.29, 0.717) is 19.6 Å². The Labute approximate surface area is 261 Å². The van der Waals surface area contributed by atoms with Crippen molar-refractivity contribution < 1.29 is 27.1 Å². The van der Waals surface area contributed by atoms with Gasteiger partial charge in [0, 0.05) is 54.5 Å². The van der Waals surface area contributed by atoms with E-state index < -0.39 is 27.8 Å². The fourth-order valence-electron chi connectivity index (χ4n) is 4.62. The van der Waals surface area contributed by atoms with E-state index in [1.807, 2.05) is 38.1 Å². The zero-order valence-electron chi connectivity index (χ0n) is 23.9. The Bertz CT molecular complexity index is 1410. The Morgan fingerprint density at radius 1 is 0.929 bits per heavy atom. The number of hydrogen-bond donors (Lipinski definition) is 2. The van der Waals surface area contributed by atoms with Gasteiger partial charge in [0.15, 0.2) is 0 Å². The van der Waals surface area contributed by atoms with Crippen LogP contribution in [-0.4, -0.2) is 67.5 Å². The molecule has 7 nitrogen and oxygen atoms in total. The first kappa shape index (κ1) is 34.0. The number of nitrogens with zero attached hydrogens (tertiary/aromatic N) is 2. The highest BCUT2D eigenvalue weighted by Crippen LogP contribution is 2.20. The SMILES string of the molecule is CCCN(CCC)C(=O)c1cccc(S(=O)(=O)N(CCc2cc(F)cc(F)c2)C[C@@H](O)CNCc2cccc(I)c2)c1. The van der Waals surface area contributed by atoms with Crippen LogP contribution in [0.2, 0.25) is 0 Å². The molecule has 2 N–H and O–H groups in total. The van der Waals surface area contributed by atoms with Gasteiger partial charge in [-0.05, 0) is 95.4 Å². The van der Waals surface area contributed by atoms with Crippen LogP contribution < -0.4 is 5.32 Å². The van der Waals surface area contributed by atoms with Crippen molar-refractivity contribution in [2.75, 3.05) is 32.7 Å². The average molecular weight is 714 g/mol. The molecule has 0 unspecified atom stereocenters. The van der Waals surface area contributed by atoms with Crippen molar-refractivity contribution in [2.24, 2.45) is 0 Å². The molecule has 0 heterocycles. The number of carbonyl (C=O) groups excluding carboxylic acids is 1. The smallest absolute Gasteiger partial charge is 0.253 e. The van der Waals surface area contributed by atoms with Gasteiger partial charge in [0.2, 0.25) is 10.0 Å². The van der Waals surface area contributed by atoms with Crippen LogP contribution in [0.4, 0.5) is 8.78 Å². The highest BCUT2D eigenvalue weighted by Gasteiger charge is 2.28. The predicted molar refractivity (Wildman–Crippen MR) is 169 cm³/mol. The number of hydrogen-bond acceptors (Lipinski definition) is 5. The summed E-state index contributed by atoms with van der Waals surface area (Å²) in [5.41, 5.74) is 1.57. The summed E-state index contributed by atoms with van der Waals surface area (Å²) < 4.78 is 57.5. The van der Waals surface area contributed by atoms with Gasteiger partial charge in [0.25, 0.3) is 5.91 Å². The van der Waals surface area contributed by atoms with Gasteiger partial charge in [-0.15, -0.1) is 0 Å². The van der Waals surface area contributed by atoms with Crippen molar-refractivity contribution in [1.29, 1.82) is 0 Å². The predicted octanol–water partition coefficient (Wildman–Crippen LogP) is 5.22. The molecule has 0 aliphatic rings. The summed E-state index contributed by atoms with van der Waals surface area (Å²) >= 11 is 2.22. The molecule has 1 amide bonds. The van der Waals surface area contributed by atoms with Crippen LogP contribution in [0.15, 0.2) is 71.6 Å². The molecular weight excluding hydrogens is 675 g/mol. The molecule has 3 aromatic carbocycles. The second-order valence-electron chi connectivity index (χ2n) is 10.1. The lowest BCUT2D eigenvalue weighted by Crippen LogP contribution is -2.42. The standard InChI is InChI=1S/C31H38F2IN3O4S/c1-3-12-36(13-4-2)31(39)25-8-6-10-30(18-25)42(40,41)37(14-11-23-15-26(32)19-27(33)16-23)22-29(38)21-35-20-24-7-5-9-28(34)17-24/h5-10,15-19,29,35,38H,3-4,11-14,20-22H2,1-2H3/t29-/m0/s1. The minimum Gasteiger partial charge on any atom is -0.390 e. The average Bonchev–Trinajstić information content (AvgIpc) is 2.94. The molecule has 0 radical (unpaired) electrons. The van der Waals surface area contributed by atoms with Gasteiger partial charge in [-0.25, -0.2) is 17.2 Å². The van der Waals surface area contributed by atoms with E-state index in [4.69, 9.17) is 0 Å². The molecule has 0 saturated heterocycles. The van der Waals surface area contributed by atoms with E-state index in [1.165, 1.54) is 18.2 Å². The van der Waals surface area contributed by atoms with Gasteiger partial charge in [-0.2, -0.15) is 4.31 Å². The lowest BCUT2D eigenvalue weighted by Gasteiger charge is -2.26. The van der Waals surface area contributed by atoms with Gasteiger partial charge < -0.3 is 15.3 Å². The van der Waals surface area contributed by atoms with Crippen molar-refractivity contribution in [3.05, 3.63) is 98.6 Å². The minimum atomic E-state index is -4.19. The van der Waals surface area contributed by atoms with E-state index >= 15 is 0 Å². The third kappa shape index (κ3) is 10.1. The Morgan fingerprint density at radius 2 is 1.60 bits per heavy atom. The molecular formula is C31H38F2IN3O4S. The van der Waals surface area contributed by atoms with E-state index in [1.54, 1.807) is 11.0 Å². The summed E-state index contributed by atoms with van der Waals surface area (Å²) in [5.74, 6) is -1.76. The van der Waals surface area contributed by atoms with Crippen LogP contribution in [0.1, 0.15) is 48.2 Å². The molecule has 0 spiro atoms. The maximum absolute atomic E-state index is 13.9. The summed E-state index contributed by atoms with van der Waals surface area (Å²) in [5, 5.41) is 14.0. The number of carbonyl (C=O) groups is 1. The Morgan fingerprint density at radius 3 is 2.24 bits per heavy atom. The molecule has 11 heteroatoms. The Balaban J connectivity index is 1.82. The second kappa shape index (κ2) is 16.4. The molecule has 228 valence electrons. The molecule has 0 aliphatic heterocycles. The number of aliphatic hydroxyl groups is 1. The van der Waals surface area contributed by atoms with Crippen LogP contribution in [-0.2, 0) is 23.0 Å². The van der Waals surface area contributed by atoms with Crippen LogP contribution in [0.25, 0.3) is 0 Å². The lowest BCUT2D eigenvalue weighted by molar-refractivity contribution is 0.0755. The zero-order chi connectivity index (χ0) is 30.7. The molecule has 3 aromatic rings. The van der Waals surface area contributed by atoms with E-state index in [9.17, 15) is 27.1 Å². The summed E-state index contributed by atoms with van der Waals surface area (Å²) in [4.78, 5) is 14.8. The summed E-state index contributed by atoms with van der Waals surface area (Å²) in [6, 6.07) is 16.8. The number of aliphatic hydroxyl groups excluding tert-OH is 1. The van der Waals surface area contributed by atoms with Gasteiger partial charge in [-0.3, -0.25) is 4.79 Å². The van der Waals surface area contributed by atoms with Crippen molar-refractivity contribution in [2.45, 2.75) is 50.7 Å². The molecule has 0 fully saturated rings. The number of halogens is 3. The van der Waals surface area contributed by atoms with Gasteiger partial charge in [0.05, 0.1) is 11.0 Å². The highest BCUT2D eigenvalue weighted by molar-refractivity contribution is 14.1. The number of benzene rings is 3. The van der Waals surface area contributed by atoms with Crippen molar-refractivity contribution in [1.82, 2.24) is 14.5 Å². The minimum absolute atomic E-state index is 0.0237. The van der Waals surface area contributed by atoms with Crippen LogP contribution >= 0.6 is 22.6 Å². The molecule has 0 aliphatic carbocycles. The topological polar surface area (TPSA) is 90.0 Å². The number of sulfonamides is 1. The first-order valence-corrected chi connectivity index (χ1v) is 16.5. The highest BCUT2D eigenvalue weighted by atomic mass is 127. The molecule has 1 atom stereocenters. The summed E-state index contributed by atoms with van der Waals surface area (Å²) in [7, 11) is -4.19. The van der Waals surface area contributed by atoms with Crippen molar-refractivity contribution in [3.8, 4) is 0 Å². The third-order valence-corrected chi connectivity index (χ3v) is 9.11. The first-order valence-electron chi connectivity index (χ1n) is 14.0. The maximum atomic E-state index is 13.9. The summed E-state index contributed by atoms with van der Waals surface area (Å²) in [6.07, 6.45) is 0.498. The van der Waals surface area contributed by atoms with Crippen LogP contribution in [0.3, 0.4) is 0 Å². The van der Waals surface area contributed by atoms with Crippen LogP contribution in [0.5, 0.6) is 0 Å². The number of amides is 1. The molecule has 0 bridgehead atoms. The van der Waals surface area contributed by atoms with Crippen molar-refractivity contribution >= 4 is 38.5 Å². The molecule has 3 rings (SSSR count). The Hall–Kier alpha value is -2.45.